The summed E-state index contributed by atoms with van der Waals surface area (Å²) in [5, 5.41) is 0. The van der Waals surface area contributed by atoms with E-state index in [1.54, 1.807) is 28.7 Å². The first-order chi connectivity index (χ1) is 8.15. The van der Waals surface area contributed by atoms with E-state index in [1.807, 2.05) is 12.7 Å². The van der Waals surface area contributed by atoms with Gasteiger partial charge in [0.25, 0.3) is 0 Å². The van der Waals surface area contributed by atoms with Gasteiger partial charge in [0, 0.05) is 13.1 Å². The number of anilines is 1. The Kier molecular flexibility index (Phi) is 4.24. The van der Waals surface area contributed by atoms with Gasteiger partial charge in [0.2, 0.25) is 0 Å². The molecule has 0 unspecified atom stereocenters. The van der Waals surface area contributed by atoms with E-state index in [2.05, 4.69) is 0 Å². The molecular formula is C11H13BF2INO. The molecule has 2 nitrogen and oxygen atoms in total. The molecule has 0 saturated carbocycles. The zero-order chi connectivity index (χ0) is 12.4. The topological polar surface area (TPSA) is 12.5 Å². The number of halogens is 3. The molecule has 0 N–H and O–H groups in total. The summed E-state index contributed by atoms with van der Waals surface area (Å²) in [6.45, 7) is 2.49. The molecule has 1 aliphatic heterocycles. The lowest BCUT2D eigenvalue weighted by molar-refractivity contribution is 0.122. The van der Waals surface area contributed by atoms with Gasteiger partial charge in [0.05, 0.1) is 22.5 Å². The number of benzene rings is 1. The van der Waals surface area contributed by atoms with Crippen molar-refractivity contribution in [2.24, 2.45) is 0 Å². The summed E-state index contributed by atoms with van der Waals surface area (Å²) in [7, 11) is 1.87. The van der Waals surface area contributed by atoms with Crippen LogP contribution >= 0.6 is 22.6 Å². The molecule has 1 aromatic rings. The summed E-state index contributed by atoms with van der Waals surface area (Å²) in [5.74, 6) is -0.884. The number of morpholine rings is 1. The van der Waals surface area contributed by atoms with Crippen molar-refractivity contribution in [3.63, 3.8) is 0 Å². The average molecular weight is 351 g/mol. The molecule has 1 fully saturated rings. The molecular weight excluding hydrogens is 338 g/mol. The highest BCUT2D eigenvalue weighted by Gasteiger charge is 2.21. The molecule has 0 aromatic heterocycles. The first-order valence-corrected chi connectivity index (χ1v) is 6.72. The number of nitrogens with zero attached hydrogens (tertiary/aromatic N) is 1. The molecule has 0 amide bonds. The SMILES string of the molecule is BCc1cc(N2CCOCC2)c(F)c(I)c1F. The van der Waals surface area contributed by atoms with E-state index < -0.39 is 11.6 Å². The van der Waals surface area contributed by atoms with Crippen molar-refractivity contribution in [3.05, 3.63) is 26.8 Å². The van der Waals surface area contributed by atoms with Gasteiger partial charge in [-0.2, -0.15) is 0 Å². The maximum absolute atomic E-state index is 14.0. The summed E-state index contributed by atoms with van der Waals surface area (Å²) in [5.41, 5.74) is 1.06. The predicted octanol–water partition coefficient (Wildman–Crippen LogP) is 1.54. The third kappa shape index (κ3) is 2.57. The van der Waals surface area contributed by atoms with E-state index in [9.17, 15) is 8.78 Å². The van der Waals surface area contributed by atoms with Gasteiger partial charge in [-0.25, -0.2) is 8.78 Å². The van der Waals surface area contributed by atoms with E-state index in [4.69, 9.17) is 4.74 Å². The Bertz CT molecular complexity index is 424. The Hall–Kier alpha value is -0.365. The van der Waals surface area contributed by atoms with Crippen molar-refractivity contribution >= 4 is 36.1 Å². The Morgan fingerprint density at radius 1 is 1.29 bits per heavy atom. The fourth-order valence-electron chi connectivity index (χ4n) is 1.93. The van der Waals surface area contributed by atoms with Gasteiger partial charge >= 0.3 is 0 Å². The van der Waals surface area contributed by atoms with Crippen molar-refractivity contribution in [3.8, 4) is 0 Å². The van der Waals surface area contributed by atoms with Gasteiger partial charge in [-0.1, -0.05) is 6.32 Å². The van der Waals surface area contributed by atoms with E-state index in [-0.39, 0.29) is 3.57 Å². The van der Waals surface area contributed by atoms with Gasteiger partial charge in [-0.15, -0.1) is 0 Å². The number of rotatable bonds is 2. The molecule has 92 valence electrons. The van der Waals surface area contributed by atoms with Crippen LogP contribution in [0.15, 0.2) is 6.07 Å². The quantitative estimate of drug-likeness (QED) is 0.456. The lowest BCUT2D eigenvalue weighted by Gasteiger charge is -2.30. The molecule has 0 spiro atoms. The minimum atomic E-state index is -0.456. The third-order valence-electron chi connectivity index (χ3n) is 2.94. The van der Waals surface area contributed by atoms with Crippen LogP contribution in [0.25, 0.3) is 0 Å². The van der Waals surface area contributed by atoms with Crippen molar-refractivity contribution in [1.82, 2.24) is 0 Å². The highest BCUT2D eigenvalue weighted by atomic mass is 127. The van der Waals surface area contributed by atoms with Crippen LogP contribution < -0.4 is 4.90 Å². The average Bonchev–Trinajstić information content (AvgIpc) is 2.37. The fraction of sp³-hybridized carbons (Fsp3) is 0.455. The predicted molar refractivity (Wildman–Crippen MR) is 74.4 cm³/mol. The lowest BCUT2D eigenvalue weighted by Crippen LogP contribution is -2.37. The normalized spacial score (nSPS) is 16.3. The Morgan fingerprint density at radius 3 is 2.53 bits per heavy atom. The largest absolute Gasteiger partial charge is 0.378 e. The van der Waals surface area contributed by atoms with Gasteiger partial charge < -0.3 is 9.64 Å². The maximum atomic E-state index is 14.0. The smallest absolute Gasteiger partial charge is 0.162 e. The summed E-state index contributed by atoms with van der Waals surface area (Å²) in [6.07, 6.45) is 0.569. The first-order valence-electron chi connectivity index (χ1n) is 5.64. The molecule has 0 aliphatic carbocycles. The van der Waals surface area contributed by atoms with Crippen LogP contribution in [0.4, 0.5) is 14.5 Å². The van der Waals surface area contributed by atoms with Crippen LogP contribution in [0, 0.1) is 15.2 Å². The number of hydrogen-bond donors (Lipinski definition) is 0. The zero-order valence-electron chi connectivity index (χ0n) is 9.60. The van der Waals surface area contributed by atoms with Crippen molar-refractivity contribution in [1.29, 1.82) is 0 Å². The maximum Gasteiger partial charge on any atom is 0.162 e. The minimum Gasteiger partial charge on any atom is -0.378 e. The number of ether oxygens (including phenoxy) is 1. The van der Waals surface area contributed by atoms with Crippen LogP contribution in [0.3, 0.4) is 0 Å². The lowest BCUT2D eigenvalue weighted by atomic mass is 9.96. The second kappa shape index (κ2) is 5.52. The van der Waals surface area contributed by atoms with E-state index in [0.29, 0.717) is 43.9 Å². The molecule has 0 radical (unpaired) electrons. The summed E-state index contributed by atoms with van der Waals surface area (Å²) >= 11 is 1.73. The molecule has 1 heterocycles. The molecule has 1 saturated heterocycles. The molecule has 0 atom stereocenters. The van der Waals surface area contributed by atoms with Crippen molar-refractivity contribution in [2.45, 2.75) is 6.32 Å². The standard InChI is InChI=1S/C11H13BF2INO/c12-6-7-5-8(10(14)11(15)9(7)13)16-1-3-17-4-2-16/h5H,1-4,6,12H2. The molecule has 0 bridgehead atoms. The summed E-state index contributed by atoms with van der Waals surface area (Å²) in [6, 6.07) is 1.62. The van der Waals surface area contributed by atoms with Crippen LogP contribution in [0.2, 0.25) is 0 Å². The monoisotopic (exact) mass is 351 g/mol. The molecule has 6 heteroatoms. The fourth-order valence-corrected chi connectivity index (χ4v) is 2.56. The van der Waals surface area contributed by atoms with Crippen molar-refractivity contribution < 1.29 is 13.5 Å². The Labute approximate surface area is 114 Å². The van der Waals surface area contributed by atoms with E-state index in [0.717, 1.165) is 0 Å². The first kappa shape index (κ1) is 13.1. The van der Waals surface area contributed by atoms with Crippen molar-refractivity contribution in [2.75, 3.05) is 31.2 Å². The van der Waals surface area contributed by atoms with Gasteiger partial charge in [0.1, 0.15) is 13.7 Å². The Balaban J connectivity index is 2.42. The highest BCUT2D eigenvalue weighted by molar-refractivity contribution is 14.1. The molecule has 1 aliphatic rings. The second-order valence-electron chi connectivity index (χ2n) is 3.95. The van der Waals surface area contributed by atoms with E-state index >= 15 is 0 Å². The Morgan fingerprint density at radius 2 is 1.94 bits per heavy atom. The summed E-state index contributed by atoms with van der Waals surface area (Å²) in [4.78, 5) is 1.92. The summed E-state index contributed by atoms with van der Waals surface area (Å²) < 4.78 is 33.1. The van der Waals surface area contributed by atoms with Crippen LogP contribution in [0.5, 0.6) is 0 Å². The van der Waals surface area contributed by atoms with Gasteiger partial charge in [0.15, 0.2) is 5.82 Å². The molecule has 1 aromatic carbocycles. The van der Waals surface area contributed by atoms with Crippen LogP contribution in [-0.2, 0) is 11.1 Å². The van der Waals surface area contributed by atoms with Crippen LogP contribution in [0.1, 0.15) is 5.56 Å². The second-order valence-corrected chi connectivity index (χ2v) is 5.03. The molecule has 2 rings (SSSR count). The molecule has 17 heavy (non-hydrogen) atoms. The highest BCUT2D eigenvalue weighted by Crippen LogP contribution is 2.29. The minimum absolute atomic E-state index is 0.0865. The van der Waals surface area contributed by atoms with Gasteiger partial charge in [-0.3, -0.25) is 0 Å². The van der Waals surface area contributed by atoms with Crippen LogP contribution in [-0.4, -0.2) is 34.1 Å². The zero-order valence-corrected chi connectivity index (χ0v) is 11.8. The third-order valence-corrected chi connectivity index (χ3v) is 3.88. The van der Waals surface area contributed by atoms with E-state index in [1.165, 1.54) is 0 Å². The van der Waals surface area contributed by atoms with Gasteiger partial charge in [-0.05, 0) is 34.2 Å². The number of hydrogen-bond acceptors (Lipinski definition) is 2.